The van der Waals surface area contributed by atoms with Gasteiger partial charge in [-0.2, -0.15) is 5.10 Å². The summed E-state index contributed by atoms with van der Waals surface area (Å²) in [5.41, 5.74) is 0.761. The number of hydrogen-bond donors (Lipinski definition) is 0. The summed E-state index contributed by atoms with van der Waals surface area (Å²) >= 11 is 0. The number of fused-ring (bicyclic) bond motifs is 5. The fraction of sp³-hybridized carbons (Fsp3) is 0.389. The van der Waals surface area contributed by atoms with Crippen LogP contribution in [0.15, 0.2) is 36.5 Å². The highest BCUT2D eigenvalue weighted by molar-refractivity contribution is 6.22. The molecule has 1 aromatic heterocycles. The Bertz CT molecular complexity index is 852. The zero-order valence-electron chi connectivity index (χ0n) is 13.3. The summed E-state index contributed by atoms with van der Waals surface area (Å²) in [4.78, 5) is 26.7. The van der Waals surface area contributed by atoms with Crippen molar-refractivity contribution in [2.45, 2.75) is 31.6 Å². The van der Waals surface area contributed by atoms with E-state index < -0.39 is 0 Å². The first-order valence-electron chi connectivity index (χ1n) is 8.43. The number of halogens is 1. The Morgan fingerprint density at radius 1 is 1.12 bits per heavy atom. The number of benzene rings is 1. The van der Waals surface area contributed by atoms with Crippen LogP contribution in [0.3, 0.4) is 0 Å². The topological polar surface area (TPSA) is 64.4 Å². The largest absolute Gasteiger partial charge is 0.373 e. The lowest BCUT2D eigenvalue weighted by molar-refractivity contribution is -0.124. The first-order valence-corrected chi connectivity index (χ1v) is 8.43. The lowest BCUT2D eigenvalue weighted by Crippen LogP contribution is -2.34. The number of imide groups is 1. The smallest absolute Gasteiger partial charge is 0.241 e. The molecule has 0 radical (unpaired) electrons. The molecule has 3 fully saturated rings. The maximum atomic E-state index is 13.3. The lowest BCUT2D eigenvalue weighted by Gasteiger charge is -2.15. The van der Waals surface area contributed by atoms with Crippen molar-refractivity contribution in [3.8, 4) is 0 Å². The summed E-state index contributed by atoms with van der Waals surface area (Å²) in [6.07, 6.45) is 3.11. The maximum Gasteiger partial charge on any atom is 0.241 e. The summed E-state index contributed by atoms with van der Waals surface area (Å²) in [6.45, 7) is 0.370. The van der Waals surface area contributed by atoms with Gasteiger partial charge in [0.25, 0.3) is 0 Å². The third-order valence-electron chi connectivity index (χ3n) is 5.37. The molecule has 0 N–H and O–H groups in total. The van der Waals surface area contributed by atoms with E-state index in [2.05, 4.69) is 5.10 Å². The van der Waals surface area contributed by atoms with Crippen molar-refractivity contribution in [3.63, 3.8) is 0 Å². The van der Waals surface area contributed by atoms with Crippen LogP contribution in [0.4, 0.5) is 10.2 Å². The molecule has 5 rings (SSSR count). The van der Waals surface area contributed by atoms with Crippen LogP contribution in [0.25, 0.3) is 0 Å². The van der Waals surface area contributed by atoms with Crippen molar-refractivity contribution >= 4 is 17.6 Å². The third-order valence-corrected chi connectivity index (χ3v) is 5.37. The van der Waals surface area contributed by atoms with Crippen LogP contribution < -0.4 is 4.90 Å². The molecule has 4 heterocycles. The summed E-state index contributed by atoms with van der Waals surface area (Å²) < 4.78 is 20.6. The molecule has 1 aromatic carbocycles. The first-order chi connectivity index (χ1) is 12.1. The molecule has 3 aliphatic heterocycles. The molecular weight excluding hydrogens is 325 g/mol. The molecule has 0 unspecified atom stereocenters. The van der Waals surface area contributed by atoms with Gasteiger partial charge in [0.2, 0.25) is 11.8 Å². The van der Waals surface area contributed by atoms with Crippen LogP contribution in [-0.4, -0.2) is 33.8 Å². The number of aromatic nitrogens is 2. The van der Waals surface area contributed by atoms with Gasteiger partial charge >= 0.3 is 0 Å². The van der Waals surface area contributed by atoms with Crippen LogP contribution in [0.1, 0.15) is 18.4 Å². The third kappa shape index (κ3) is 2.15. The van der Waals surface area contributed by atoms with Gasteiger partial charge in [-0.3, -0.25) is 14.3 Å². The van der Waals surface area contributed by atoms with Gasteiger partial charge in [0.15, 0.2) is 5.82 Å². The molecule has 0 aliphatic carbocycles. The zero-order chi connectivity index (χ0) is 17.1. The fourth-order valence-electron chi connectivity index (χ4n) is 4.32. The molecular formula is C18H16FN3O3. The quantitative estimate of drug-likeness (QED) is 0.798. The Morgan fingerprint density at radius 2 is 1.84 bits per heavy atom. The number of ether oxygens (including phenoxy) is 1. The number of hydrogen-bond acceptors (Lipinski definition) is 4. The second-order valence-corrected chi connectivity index (χ2v) is 6.86. The summed E-state index contributed by atoms with van der Waals surface area (Å²) in [5.74, 6) is -1.12. The minimum Gasteiger partial charge on any atom is -0.373 e. The van der Waals surface area contributed by atoms with Gasteiger partial charge in [-0.15, -0.1) is 0 Å². The van der Waals surface area contributed by atoms with Crippen LogP contribution in [0.5, 0.6) is 0 Å². The molecule has 7 heteroatoms. The SMILES string of the molecule is O=C1[C@H]2[C@H](C(=O)N1c1ccn(Cc3cccc(F)c3)n1)[C@H]1CC[C@H]2O1. The highest BCUT2D eigenvalue weighted by Gasteiger charge is 2.63. The first kappa shape index (κ1) is 14.8. The molecule has 0 saturated carbocycles. The average Bonchev–Trinajstić information content (AvgIpc) is 3.33. The van der Waals surface area contributed by atoms with E-state index in [0.717, 1.165) is 18.4 Å². The number of rotatable bonds is 3. The van der Waals surface area contributed by atoms with Crippen LogP contribution >= 0.6 is 0 Å². The fourth-order valence-corrected chi connectivity index (χ4v) is 4.32. The lowest BCUT2D eigenvalue weighted by atomic mass is 9.81. The second-order valence-electron chi connectivity index (χ2n) is 6.86. The van der Waals surface area contributed by atoms with E-state index in [1.54, 1.807) is 29.1 Å². The monoisotopic (exact) mass is 341 g/mol. The predicted molar refractivity (Wildman–Crippen MR) is 85.1 cm³/mol. The Morgan fingerprint density at radius 3 is 2.52 bits per heavy atom. The highest BCUT2D eigenvalue weighted by atomic mass is 19.1. The molecule has 0 spiro atoms. The molecule has 3 saturated heterocycles. The van der Waals surface area contributed by atoms with Crippen molar-refractivity contribution < 1.29 is 18.7 Å². The summed E-state index contributed by atoms with van der Waals surface area (Å²) in [6, 6.07) is 7.91. The Balaban J connectivity index is 1.40. The minimum absolute atomic E-state index is 0.133. The Hall–Kier alpha value is -2.54. The van der Waals surface area contributed by atoms with Crippen molar-refractivity contribution in [2.75, 3.05) is 4.90 Å². The van der Waals surface area contributed by atoms with Gasteiger partial charge in [0.05, 0.1) is 30.6 Å². The van der Waals surface area contributed by atoms with Gasteiger partial charge in [-0.05, 0) is 30.5 Å². The number of amides is 2. The van der Waals surface area contributed by atoms with E-state index in [4.69, 9.17) is 4.74 Å². The van der Waals surface area contributed by atoms with E-state index in [9.17, 15) is 14.0 Å². The number of nitrogens with zero attached hydrogens (tertiary/aromatic N) is 3. The Labute approximate surface area is 143 Å². The minimum atomic E-state index is -0.361. The summed E-state index contributed by atoms with van der Waals surface area (Å²) in [5, 5.41) is 4.35. The van der Waals surface area contributed by atoms with E-state index in [1.807, 2.05) is 0 Å². The molecule has 2 amide bonds. The van der Waals surface area contributed by atoms with E-state index in [-0.39, 0.29) is 41.7 Å². The molecule has 4 atom stereocenters. The van der Waals surface area contributed by atoms with Crippen molar-refractivity contribution in [1.29, 1.82) is 0 Å². The van der Waals surface area contributed by atoms with E-state index >= 15 is 0 Å². The van der Waals surface area contributed by atoms with E-state index in [0.29, 0.717) is 12.4 Å². The molecule has 128 valence electrons. The van der Waals surface area contributed by atoms with Crippen LogP contribution in [-0.2, 0) is 20.9 Å². The standard InChI is InChI=1S/C18H16FN3O3/c19-11-3-1-2-10(8-11)9-21-7-6-14(20-21)22-17(23)15-12-4-5-13(25-12)16(15)18(22)24/h1-3,6-8,12-13,15-16H,4-5,9H2/t12-,13-,15-,16-/m1/s1. The Kier molecular flexibility index (Phi) is 3.09. The maximum absolute atomic E-state index is 13.3. The molecule has 2 bridgehead atoms. The van der Waals surface area contributed by atoms with Gasteiger partial charge in [-0.25, -0.2) is 9.29 Å². The number of carbonyl (C=O) groups excluding carboxylic acids is 2. The molecule has 6 nitrogen and oxygen atoms in total. The summed E-state index contributed by atoms with van der Waals surface area (Å²) in [7, 11) is 0. The van der Waals surface area contributed by atoms with Crippen molar-refractivity contribution in [2.24, 2.45) is 11.8 Å². The highest BCUT2D eigenvalue weighted by Crippen LogP contribution is 2.49. The molecule has 3 aliphatic rings. The van der Waals surface area contributed by atoms with Gasteiger partial charge in [-0.1, -0.05) is 12.1 Å². The van der Waals surface area contributed by atoms with Gasteiger partial charge in [0, 0.05) is 12.3 Å². The van der Waals surface area contributed by atoms with Crippen molar-refractivity contribution in [1.82, 2.24) is 9.78 Å². The van der Waals surface area contributed by atoms with Crippen LogP contribution in [0.2, 0.25) is 0 Å². The van der Waals surface area contributed by atoms with E-state index in [1.165, 1.54) is 17.0 Å². The molecule has 25 heavy (non-hydrogen) atoms. The van der Waals surface area contributed by atoms with Crippen molar-refractivity contribution in [3.05, 3.63) is 47.9 Å². The molecule has 2 aromatic rings. The van der Waals surface area contributed by atoms with Crippen LogP contribution in [0, 0.1) is 17.7 Å². The predicted octanol–water partition coefficient (Wildman–Crippen LogP) is 1.74. The van der Waals surface area contributed by atoms with Gasteiger partial charge in [0.1, 0.15) is 5.82 Å². The average molecular weight is 341 g/mol. The normalized spacial score (nSPS) is 30.4. The zero-order valence-corrected chi connectivity index (χ0v) is 13.3. The number of anilines is 1. The number of carbonyl (C=O) groups is 2. The second kappa shape index (κ2) is 5.23. The van der Waals surface area contributed by atoms with Gasteiger partial charge < -0.3 is 4.74 Å².